The van der Waals surface area contributed by atoms with Crippen LogP contribution in [0.3, 0.4) is 0 Å². The zero-order chi connectivity index (χ0) is 12.8. The Morgan fingerprint density at radius 2 is 2.24 bits per heavy atom. The van der Waals surface area contributed by atoms with Crippen molar-refractivity contribution in [2.45, 2.75) is 11.4 Å². The van der Waals surface area contributed by atoms with Crippen LogP contribution in [0.2, 0.25) is 0 Å². The molecule has 1 aromatic carbocycles. The Morgan fingerprint density at radius 3 is 2.76 bits per heavy atom. The second-order valence-corrected chi connectivity index (χ2v) is 4.60. The molecule has 0 saturated carbocycles. The van der Waals surface area contributed by atoms with Gasteiger partial charge in [0.2, 0.25) is 0 Å². The van der Waals surface area contributed by atoms with Crippen LogP contribution in [0.5, 0.6) is 5.75 Å². The highest BCUT2D eigenvalue weighted by molar-refractivity contribution is 7.98. The van der Waals surface area contributed by atoms with Crippen molar-refractivity contribution in [3.05, 3.63) is 23.8 Å². The third kappa shape index (κ3) is 4.28. The van der Waals surface area contributed by atoms with Crippen LogP contribution in [0.1, 0.15) is 5.56 Å². The molecule has 0 aliphatic rings. The van der Waals surface area contributed by atoms with Gasteiger partial charge in [0, 0.05) is 11.4 Å². The Labute approximate surface area is 106 Å². The highest BCUT2D eigenvalue weighted by Crippen LogP contribution is 2.28. The first-order valence-electron chi connectivity index (χ1n) is 5.18. The molecular weight excluding hydrogens is 238 g/mol. The maximum atomic E-state index is 10.6. The van der Waals surface area contributed by atoms with E-state index < -0.39 is 5.97 Å². The Bertz CT molecular complexity index is 395. The summed E-state index contributed by atoms with van der Waals surface area (Å²) in [6, 6.07) is 5.93. The number of benzene rings is 1. The van der Waals surface area contributed by atoms with E-state index in [2.05, 4.69) is 0 Å². The third-order valence-electron chi connectivity index (χ3n) is 2.31. The fourth-order valence-corrected chi connectivity index (χ4v) is 2.13. The molecule has 1 rings (SSSR count). The molecule has 0 aromatic heterocycles. The molecule has 0 aliphatic heterocycles. The van der Waals surface area contributed by atoms with Gasteiger partial charge in [0.05, 0.1) is 13.7 Å². The minimum atomic E-state index is -0.819. The number of methoxy groups -OCH3 is 1. The van der Waals surface area contributed by atoms with Crippen LogP contribution in [0.25, 0.3) is 0 Å². The quantitative estimate of drug-likeness (QED) is 0.787. The first-order chi connectivity index (χ1) is 8.06. The van der Waals surface area contributed by atoms with E-state index in [1.54, 1.807) is 30.8 Å². The van der Waals surface area contributed by atoms with Crippen molar-refractivity contribution in [2.75, 3.05) is 27.0 Å². The van der Waals surface area contributed by atoms with Gasteiger partial charge < -0.3 is 9.84 Å². The zero-order valence-electron chi connectivity index (χ0n) is 10.3. The molecule has 1 aromatic rings. The van der Waals surface area contributed by atoms with Gasteiger partial charge in [-0.3, -0.25) is 9.69 Å². The highest BCUT2D eigenvalue weighted by Gasteiger charge is 2.07. The lowest BCUT2D eigenvalue weighted by molar-refractivity contribution is -0.138. The first-order valence-corrected chi connectivity index (χ1v) is 6.40. The van der Waals surface area contributed by atoms with Crippen molar-refractivity contribution in [1.82, 2.24) is 4.90 Å². The Morgan fingerprint density at radius 1 is 1.53 bits per heavy atom. The minimum absolute atomic E-state index is 0.0343. The van der Waals surface area contributed by atoms with Crippen LogP contribution in [0.15, 0.2) is 23.1 Å². The first kappa shape index (κ1) is 13.9. The lowest BCUT2D eigenvalue weighted by Crippen LogP contribution is -2.25. The van der Waals surface area contributed by atoms with Crippen molar-refractivity contribution >= 4 is 17.7 Å². The number of hydrogen-bond acceptors (Lipinski definition) is 4. The summed E-state index contributed by atoms with van der Waals surface area (Å²) in [6.07, 6.45) is 1.99. The van der Waals surface area contributed by atoms with Crippen LogP contribution in [-0.2, 0) is 11.3 Å². The smallest absolute Gasteiger partial charge is 0.317 e. The summed E-state index contributed by atoms with van der Waals surface area (Å²) in [4.78, 5) is 13.4. The van der Waals surface area contributed by atoms with Gasteiger partial charge in [-0.25, -0.2) is 0 Å². The van der Waals surface area contributed by atoms with Crippen molar-refractivity contribution in [3.8, 4) is 5.75 Å². The van der Waals surface area contributed by atoms with Gasteiger partial charge in [0.15, 0.2) is 0 Å². The topological polar surface area (TPSA) is 49.8 Å². The van der Waals surface area contributed by atoms with Crippen molar-refractivity contribution in [2.24, 2.45) is 0 Å². The molecule has 0 atom stereocenters. The Kier molecular flexibility index (Phi) is 5.31. The third-order valence-corrected chi connectivity index (χ3v) is 3.08. The molecule has 4 nitrogen and oxygen atoms in total. The maximum Gasteiger partial charge on any atom is 0.317 e. The number of nitrogens with zero attached hydrogens (tertiary/aromatic N) is 1. The summed E-state index contributed by atoms with van der Waals surface area (Å²) in [5, 5.41) is 8.68. The van der Waals surface area contributed by atoms with Gasteiger partial charge in [-0.1, -0.05) is 6.07 Å². The molecule has 0 fully saturated rings. The zero-order valence-corrected chi connectivity index (χ0v) is 11.1. The van der Waals surface area contributed by atoms with Gasteiger partial charge in [-0.05, 0) is 31.0 Å². The van der Waals surface area contributed by atoms with E-state index in [0.29, 0.717) is 6.54 Å². The number of carboxylic acids is 1. The van der Waals surface area contributed by atoms with Gasteiger partial charge in [-0.2, -0.15) is 0 Å². The molecular formula is C12H17NO3S. The van der Waals surface area contributed by atoms with E-state index in [0.717, 1.165) is 16.2 Å². The molecule has 0 heterocycles. The predicted octanol–water partition coefficient (Wildman–Crippen LogP) is 1.93. The van der Waals surface area contributed by atoms with Gasteiger partial charge in [0.25, 0.3) is 0 Å². The van der Waals surface area contributed by atoms with Crippen LogP contribution < -0.4 is 4.74 Å². The van der Waals surface area contributed by atoms with Gasteiger partial charge in [-0.15, -0.1) is 11.8 Å². The summed E-state index contributed by atoms with van der Waals surface area (Å²) < 4.78 is 5.28. The number of aliphatic carboxylic acids is 1. The van der Waals surface area contributed by atoms with Crippen molar-refractivity contribution in [1.29, 1.82) is 0 Å². The Balaban J connectivity index is 2.75. The number of thioether (sulfide) groups is 1. The molecule has 94 valence electrons. The second kappa shape index (κ2) is 6.51. The average molecular weight is 255 g/mol. The van der Waals surface area contributed by atoms with E-state index in [1.807, 2.05) is 24.5 Å². The lowest BCUT2D eigenvalue weighted by Gasteiger charge is -2.15. The maximum absolute atomic E-state index is 10.6. The van der Waals surface area contributed by atoms with Crippen LogP contribution in [0, 0.1) is 0 Å². The van der Waals surface area contributed by atoms with E-state index in [4.69, 9.17) is 9.84 Å². The molecule has 17 heavy (non-hydrogen) atoms. The van der Waals surface area contributed by atoms with Gasteiger partial charge >= 0.3 is 5.97 Å². The monoisotopic (exact) mass is 255 g/mol. The second-order valence-electron chi connectivity index (χ2n) is 3.76. The van der Waals surface area contributed by atoms with Crippen molar-refractivity contribution in [3.63, 3.8) is 0 Å². The molecule has 0 aliphatic carbocycles. The molecule has 0 bridgehead atoms. The number of ether oxygens (including phenoxy) is 1. The minimum Gasteiger partial charge on any atom is -0.496 e. The van der Waals surface area contributed by atoms with E-state index in [1.165, 1.54) is 0 Å². The molecule has 0 unspecified atom stereocenters. The van der Waals surface area contributed by atoms with Gasteiger partial charge in [0.1, 0.15) is 5.75 Å². The van der Waals surface area contributed by atoms with E-state index >= 15 is 0 Å². The molecule has 0 spiro atoms. The fourth-order valence-electron chi connectivity index (χ4n) is 1.58. The molecule has 0 amide bonds. The molecule has 0 saturated heterocycles. The fraction of sp³-hybridized carbons (Fsp3) is 0.417. The lowest BCUT2D eigenvalue weighted by atomic mass is 10.2. The average Bonchev–Trinajstić information content (AvgIpc) is 2.27. The highest BCUT2D eigenvalue weighted by atomic mass is 32.2. The summed E-state index contributed by atoms with van der Waals surface area (Å²) >= 11 is 1.63. The Hall–Kier alpha value is -1.20. The van der Waals surface area contributed by atoms with E-state index in [9.17, 15) is 4.79 Å². The number of carbonyl (C=O) groups is 1. The molecule has 1 N–H and O–H groups in total. The normalized spacial score (nSPS) is 10.6. The van der Waals surface area contributed by atoms with Crippen molar-refractivity contribution < 1.29 is 14.6 Å². The summed E-state index contributed by atoms with van der Waals surface area (Å²) in [5.74, 6) is 0.0129. The summed E-state index contributed by atoms with van der Waals surface area (Å²) in [7, 11) is 3.42. The predicted molar refractivity (Wildman–Crippen MR) is 68.7 cm³/mol. The van der Waals surface area contributed by atoms with E-state index in [-0.39, 0.29) is 6.54 Å². The van der Waals surface area contributed by atoms with Crippen LogP contribution in [-0.4, -0.2) is 42.9 Å². The number of hydrogen-bond donors (Lipinski definition) is 1. The molecule has 0 radical (unpaired) electrons. The summed E-state index contributed by atoms with van der Waals surface area (Å²) in [5.41, 5.74) is 1.04. The summed E-state index contributed by atoms with van der Waals surface area (Å²) in [6.45, 7) is 0.629. The standard InChI is InChI=1S/C12H17NO3S/c1-13(8-12(14)15)7-9-4-5-11(17-3)10(6-9)16-2/h4-6H,7-8H2,1-3H3,(H,14,15). The largest absolute Gasteiger partial charge is 0.496 e. The van der Waals surface area contributed by atoms with Crippen LogP contribution in [0.4, 0.5) is 0 Å². The van der Waals surface area contributed by atoms with Crippen LogP contribution >= 0.6 is 11.8 Å². The number of rotatable bonds is 6. The SMILES string of the molecule is COc1cc(CN(C)CC(=O)O)ccc1SC. The number of carboxylic acid groups (broad SMARTS) is 1. The molecule has 5 heteroatoms. The number of likely N-dealkylation sites (N-methyl/N-ethyl adjacent to an activating group) is 1.